The molecule has 0 aliphatic carbocycles. The van der Waals surface area contributed by atoms with Crippen LogP contribution in [-0.2, 0) is 19.4 Å². The molecule has 0 radical (unpaired) electrons. The van der Waals surface area contributed by atoms with Gasteiger partial charge in [-0.15, -0.1) is 0 Å². The molecule has 0 heterocycles. The van der Waals surface area contributed by atoms with Crippen molar-refractivity contribution in [1.29, 1.82) is 0 Å². The predicted molar refractivity (Wildman–Crippen MR) is 154 cm³/mol. The molecule has 0 amide bonds. The Hall–Kier alpha value is -1.96. The zero-order chi connectivity index (χ0) is 26.3. The van der Waals surface area contributed by atoms with Crippen LogP contribution in [0.5, 0.6) is 0 Å². The van der Waals surface area contributed by atoms with E-state index in [-0.39, 0.29) is 17.0 Å². The van der Waals surface area contributed by atoms with Crippen LogP contribution in [0.2, 0.25) is 44.8 Å². The van der Waals surface area contributed by atoms with Crippen molar-refractivity contribution in [2.45, 2.75) is 89.5 Å². The van der Waals surface area contributed by atoms with Crippen LogP contribution in [0.4, 0.5) is 0 Å². The van der Waals surface area contributed by atoms with E-state index in [0.717, 1.165) is 24.9 Å². The summed E-state index contributed by atoms with van der Waals surface area (Å²) in [4.78, 5) is 11.7. The summed E-state index contributed by atoms with van der Waals surface area (Å²) in [5, 5.41) is 0. The molecule has 0 fully saturated rings. The molecule has 192 valence electrons. The van der Waals surface area contributed by atoms with Crippen LogP contribution < -0.4 is 0 Å². The molecule has 0 atom stereocenters. The van der Waals surface area contributed by atoms with E-state index in [9.17, 15) is 4.79 Å². The average molecular weight is 511 g/mol. The molecule has 5 heteroatoms. The van der Waals surface area contributed by atoms with Crippen molar-refractivity contribution < 1.29 is 14.0 Å². The normalized spacial score (nSPS) is 12.9. The second kappa shape index (κ2) is 11.9. The van der Waals surface area contributed by atoms with Gasteiger partial charge in [0.1, 0.15) is 0 Å². The van der Waals surface area contributed by atoms with E-state index >= 15 is 0 Å². The van der Waals surface area contributed by atoms with E-state index in [2.05, 4.69) is 114 Å². The molecule has 0 bridgehead atoms. The molecular weight excluding hydrogens is 464 g/mol. The number of hydrogen-bond acceptors (Lipinski definition) is 3. The third kappa shape index (κ3) is 9.21. The highest BCUT2D eigenvalue weighted by atomic mass is 28.4. The van der Waals surface area contributed by atoms with E-state index in [1.165, 1.54) is 11.1 Å². The molecule has 0 saturated heterocycles. The summed E-state index contributed by atoms with van der Waals surface area (Å²) in [5.74, 6) is -0.312. The molecule has 0 aromatic heterocycles. The molecule has 0 aliphatic heterocycles. The molecule has 0 spiro atoms. The maximum atomic E-state index is 11.7. The first-order chi connectivity index (χ1) is 16.2. The lowest BCUT2D eigenvalue weighted by Gasteiger charge is -2.46. The number of esters is 1. The third-order valence-corrected chi connectivity index (χ3v) is 10.6. The van der Waals surface area contributed by atoms with E-state index < -0.39 is 16.4 Å². The quantitative estimate of drug-likeness (QED) is 0.118. The van der Waals surface area contributed by atoms with E-state index in [1.54, 1.807) is 6.92 Å². The Labute approximate surface area is 216 Å². The number of hydrogen-bond donors (Lipinski definition) is 0. The molecule has 35 heavy (non-hydrogen) atoms. The fourth-order valence-corrected chi connectivity index (χ4v) is 10.4. The minimum Gasteiger partial charge on any atom is -0.462 e. The molecule has 0 unspecified atom stereocenters. The summed E-state index contributed by atoms with van der Waals surface area (Å²) >= 11 is 0. The number of carbonyl (C=O) groups is 1. The largest absolute Gasteiger partial charge is 0.462 e. The van der Waals surface area contributed by atoms with Crippen LogP contribution in [0.15, 0.2) is 72.8 Å². The molecule has 2 rings (SSSR count). The minimum absolute atomic E-state index is 0.113. The van der Waals surface area contributed by atoms with Crippen molar-refractivity contribution in [3.05, 3.63) is 83.9 Å². The van der Waals surface area contributed by atoms with Gasteiger partial charge in [-0.1, -0.05) is 86.9 Å². The summed E-state index contributed by atoms with van der Waals surface area (Å²) in [7, 11) is -3.46. The Morgan fingerprint density at radius 1 is 0.886 bits per heavy atom. The summed E-state index contributed by atoms with van der Waals surface area (Å²) in [5.41, 5.74) is 2.76. The Morgan fingerprint density at radius 2 is 1.37 bits per heavy atom. The fraction of sp³-hybridized carbons (Fsp3) is 0.500. The first kappa shape index (κ1) is 29.3. The van der Waals surface area contributed by atoms with E-state index in [1.807, 2.05) is 0 Å². The maximum absolute atomic E-state index is 11.7. The van der Waals surface area contributed by atoms with Gasteiger partial charge in [0.25, 0.3) is 0 Å². The van der Waals surface area contributed by atoms with Crippen LogP contribution in [0.3, 0.4) is 0 Å². The predicted octanol–water partition coefficient (Wildman–Crippen LogP) is 8.21. The van der Waals surface area contributed by atoms with Gasteiger partial charge in [-0.2, -0.15) is 0 Å². The van der Waals surface area contributed by atoms with Crippen molar-refractivity contribution >= 4 is 22.4 Å². The summed E-state index contributed by atoms with van der Waals surface area (Å²) in [6.45, 7) is 22.2. The van der Waals surface area contributed by atoms with Crippen molar-refractivity contribution in [3.8, 4) is 0 Å². The van der Waals surface area contributed by atoms with Crippen molar-refractivity contribution in [2.24, 2.45) is 0 Å². The summed E-state index contributed by atoms with van der Waals surface area (Å²) in [6.07, 6.45) is 1.73. The minimum atomic E-state index is -2.00. The molecule has 2 aromatic carbocycles. The zero-order valence-electron chi connectivity index (χ0n) is 23.2. The maximum Gasteiger partial charge on any atom is 0.333 e. The Bertz CT molecular complexity index is 921. The number of carbonyl (C=O) groups excluding carboxylic acids is 1. The highest BCUT2D eigenvalue weighted by molar-refractivity contribution is 6.76. The highest BCUT2D eigenvalue weighted by Gasteiger charge is 2.44. The second-order valence-corrected chi connectivity index (χ2v) is 22.1. The van der Waals surface area contributed by atoms with Crippen LogP contribution in [0.1, 0.15) is 44.7 Å². The third-order valence-electron chi connectivity index (χ3n) is 6.27. The van der Waals surface area contributed by atoms with E-state index in [4.69, 9.17) is 9.16 Å². The Kier molecular flexibility index (Phi) is 9.91. The Morgan fingerprint density at radius 3 is 1.80 bits per heavy atom. The van der Waals surface area contributed by atoms with Gasteiger partial charge in [0, 0.05) is 19.1 Å². The SMILES string of the molecule is C=C(C)C(=O)OCCC[Si](C)(C)OC(C)(C)CC(C[Si](C)(C)C)(c1ccccc1)c1ccccc1. The van der Waals surface area contributed by atoms with Crippen LogP contribution in [-0.4, -0.2) is 34.6 Å². The first-order valence-electron chi connectivity index (χ1n) is 12.8. The van der Waals surface area contributed by atoms with Crippen molar-refractivity contribution in [3.63, 3.8) is 0 Å². The van der Waals surface area contributed by atoms with Crippen LogP contribution >= 0.6 is 0 Å². The van der Waals surface area contributed by atoms with Crippen LogP contribution in [0, 0.1) is 0 Å². The number of benzene rings is 2. The zero-order valence-corrected chi connectivity index (χ0v) is 25.2. The average Bonchev–Trinajstić information content (AvgIpc) is 2.75. The molecule has 0 aliphatic rings. The monoisotopic (exact) mass is 510 g/mol. The lowest BCUT2D eigenvalue weighted by atomic mass is 9.69. The molecule has 2 aromatic rings. The van der Waals surface area contributed by atoms with Gasteiger partial charge < -0.3 is 9.16 Å². The van der Waals surface area contributed by atoms with Gasteiger partial charge in [0.2, 0.25) is 0 Å². The number of ether oxygens (including phenoxy) is 1. The lowest BCUT2D eigenvalue weighted by molar-refractivity contribution is -0.138. The topological polar surface area (TPSA) is 35.5 Å². The van der Waals surface area contributed by atoms with E-state index in [0.29, 0.717) is 12.2 Å². The Balaban J connectivity index is 2.32. The standard InChI is InChI=1S/C30H46O3Si2/c1-25(2)28(31)32-21-16-22-35(8,9)33-29(3,4)23-30(24-34(5,6)7,26-17-12-10-13-18-26)27-19-14-11-15-20-27/h10-15,17-20H,1,16,21-24H2,2-9H3. The molecular formula is C30H46O3Si2. The van der Waals surface area contributed by atoms with Gasteiger partial charge in [-0.3, -0.25) is 0 Å². The molecule has 0 saturated carbocycles. The highest BCUT2D eigenvalue weighted by Crippen LogP contribution is 2.47. The second-order valence-electron chi connectivity index (χ2n) is 12.4. The lowest BCUT2D eigenvalue weighted by Crippen LogP contribution is -2.47. The van der Waals surface area contributed by atoms with Crippen LogP contribution in [0.25, 0.3) is 0 Å². The summed E-state index contributed by atoms with van der Waals surface area (Å²) < 4.78 is 12.3. The molecule has 0 N–H and O–H groups in total. The smallest absolute Gasteiger partial charge is 0.333 e. The van der Waals surface area contributed by atoms with Gasteiger partial charge in [0.15, 0.2) is 8.32 Å². The van der Waals surface area contributed by atoms with Crippen molar-refractivity contribution in [1.82, 2.24) is 0 Å². The fourth-order valence-electron chi connectivity index (χ4n) is 5.40. The van der Waals surface area contributed by atoms with Gasteiger partial charge in [-0.25, -0.2) is 4.79 Å². The molecule has 3 nitrogen and oxygen atoms in total. The van der Waals surface area contributed by atoms with Crippen molar-refractivity contribution in [2.75, 3.05) is 6.61 Å². The summed E-state index contributed by atoms with van der Waals surface area (Å²) in [6, 6.07) is 24.1. The first-order valence-corrected chi connectivity index (χ1v) is 19.6. The number of rotatable bonds is 13. The van der Waals surface area contributed by atoms with Gasteiger partial charge in [0.05, 0.1) is 12.2 Å². The van der Waals surface area contributed by atoms with Gasteiger partial charge in [-0.05, 0) is 69.9 Å². The van der Waals surface area contributed by atoms with Gasteiger partial charge >= 0.3 is 5.97 Å².